The number of likely N-dealkylation sites (tertiary alicyclic amines) is 1. The zero-order valence-corrected chi connectivity index (χ0v) is 67.4. The third kappa shape index (κ3) is 22.5. The predicted molar refractivity (Wildman–Crippen MR) is 460 cm³/mol. The van der Waals surface area contributed by atoms with Gasteiger partial charge in [-0.3, -0.25) is 47.9 Å². The van der Waals surface area contributed by atoms with Crippen LogP contribution < -0.4 is 37.6 Å². The van der Waals surface area contributed by atoms with Gasteiger partial charge in [-0.15, -0.1) is 0 Å². The zero-order valence-electron chi connectivity index (χ0n) is 67.4. The van der Waals surface area contributed by atoms with E-state index in [1.54, 1.807) is 147 Å². The van der Waals surface area contributed by atoms with Gasteiger partial charge in [0.25, 0.3) is 29.5 Å². The van der Waals surface area contributed by atoms with E-state index in [9.17, 15) is 98.4 Å². The molecule has 122 heavy (non-hydrogen) atoms. The summed E-state index contributed by atoms with van der Waals surface area (Å²) in [6, 6.07) is 48.5. The number of aromatic carboxylic acids is 2. The second-order valence-electron chi connectivity index (χ2n) is 29.3. The summed E-state index contributed by atoms with van der Waals surface area (Å²) in [5.74, 6) is -8.84. The third-order valence-electron chi connectivity index (χ3n) is 20.8. The summed E-state index contributed by atoms with van der Waals surface area (Å²) < 4.78 is 0. The lowest BCUT2D eigenvalue weighted by Crippen LogP contribution is -2.43. The maximum atomic E-state index is 13.5. The number of benzene rings is 10. The van der Waals surface area contributed by atoms with E-state index in [-0.39, 0.29) is 144 Å². The normalized spacial score (nSPS) is 12.6. The predicted octanol–water partition coefficient (Wildman–Crippen LogP) is 14.9. The van der Waals surface area contributed by atoms with Gasteiger partial charge >= 0.3 is 11.9 Å². The van der Waals surface area contributed by atoms with Gasteiger partial charge in [-0.2, -0.15) is 0 Å². The van der Waals surface area contributed by atoms with Crippen molar-refractivity contribution in [2.45, 2.75) is 99.0 Å². The van der Waals surface area contributed by atoms with E-state index in [1.165, 1.54) is 93.3 Å². The van der Waals surface area contributed by atoms with Gasteiger partial charge in [0.15, 0.2) is 17.3 Å². The summed E-state index contributed by atoms with van der Waals surface area (Å²) in [4.78, 5) is 156. The van der Waals surface area contributed by atoms with Crippen LogP contribution in [0.3, 0.4) is 0 Å². The second-order valence-corrected chi connectivity index (χ2v) is 29.3. The van der Waals surface area contributed by atoms with Crippen LogP contribution in [0.25, 0.3) is 12.2 Å². The van der Waals surface area contributed by atoms with E-state index in [2.05, 4.69) is 31.9 Å². The molecule has 0 saturated carbocycles. The number of unbranched alkanes of at least 4 members (excludes halogenated alkanes) is 1. The molecule has 1 aliphatic heterocycles. The summed E-state index contributed by atoms with van der Waals surface area (Å²) in [6.45, 7) is 10.2. The molecule has 1 fully saturated rings. The Morgan fingerprint density at radius 1 is 0.418 bits per heavy atom. The average molecular weight is 1650 g/mol. The van der Waals surface area contributed by atoms with Gasteiger partial charge in [0.05, 0.1) is 11.1 Å². The Kier molecular flexibility index (Phi) is 29.4. The number of carboxylic acid groups (broad SMARTS) is 2. The lowest BCUT2D eigenvalue weighted by Gasteiger charge is -2.24. The molecule has 1 saturated heterocycles. The van der Waals surface area contributed by atoms with E-state index in [0.717, 1.165) is 34.4 Å². The van der Waals surface area contributed by atoms with Crippen molar-refractivity contribution in [3.8, 4) is 34.5 Å². The fourth-order valence-electron chi connectivity index (χ4n) is 13.4. The third-order valence-corrected chi connectivity index (χ3v) is 20.8. The quantitative estimate of drug-likeness (QED) is 0.0113. The monoisotopic (exact) mass is 1650 g/mol. The highest BCUT2D eigenvalue weighted by molar-refractivity contribution is 6.12. The number of aromatic hydroxyl groups is 6. The maximum Gasteiger partial charge on any atom is 0.339 e. The Morgan fingerprint density at radius 3 is 1.17 bits per heavy atom. The molecule has 1 aliphatic rings. The van der Waals surface area contributed by atoms with E-state index >= 15 is 0 Å². The molecule has 1 unspecified atom stereocenters. The molecule has 2 atom stereocenters. The number of hydrogen-bond acceptors (Lipinski definition) is 19. The van der Waals surface area contributed by atoms with Crippen LogP contribution in [0.1, 0.15) is 180 Å². The molecule has 10 aromatic carbocycles. The van der Waals surface area contributed by atoms with Crippen LogP contribution >= 0.6 is 0 Å². The lowest BCUT2D eigenvalue weighted by atomic mass is 9.92. The van der Waals surface area contributed by atoms with Gasteiger partial charge in [0.1, 0.15) is 51.7 Å². The minimum Gasteiger partial charge on any atom is -0.508 e. The maximum absolute atomic E-state index is 13.5. The Labute approximate surface area is 701 Å². The number of phenolic OH excluding ortho intramolecular Hbond substituents is 4. The number of nitrogens with two attached hydrogens (primary N) is 1. The number of carbonyl (C=O) groups excluding carboxylic acids is 10. The van der Waals surface area contributed by atoms with Crippen molar-refractivity contribution >= 4 is 117 Å². The molecule has 0 radical (unpaired) electrons. The first-order chi connectivity index (χ1) is 58.2. The first-order valence-corrected chi connectivity index (χ1v) is 38.7. The number of hydrogen-bond donors (Lipinski definition) is 15. The summed E-state index contributed by atoms with van der Waals surface area (Å²) in [5, 5.41) is 95.8. The van der Waals surface area contributed by atoms with Crippen LogP contribution in [0.15, 0.2) is 205 Å². The molecule has 10 aromatic rings. The van der Waals surface area contributed by atoms with Gasteiger partial charge in [0.2, 0.25) is 11.8 Å². The summed E-state index contributed by atoms with van der Waals surface area (Å²) in [5.41, 5.74) is 12.4. The first-order valence-electron chi connectivity index (χ1n) is 38.7. The minimum atomic E-state index is -1.33. The van der Waals surface area contributed by atoms with E-state index < -0.39 is 70.5 Å². The number of nitrogens with one attached hydrogen (secondary N) is 6. The van der Waals surface area contributed by atoms with Crippen molar-refractivity contribution in [2.24, 2.45) is 11.7 Å². The van der Waals surface area contributed by atoms with Gasteiger partial charge in [-0.1, -0.05) is 67.1 Å². The molecular formula is C94H90N8O20. The van der Waals surface area contributed by atoms with Gasteiger partial charge in [-0.25, -0.2) is 9.59 Å². The Hall–Kier alpha value is -15.3. The van der Waals surface area contributed by atoms with Gasteiger partial charge in [-0.05, 0) is 253 Å². The molecule has 0 aliphatic carbocycles. The average Bonchev–Trinajstić information content (AvgIpc) is 1.01. The molecule has 28 heteroatoms. The van der Waals surface area contributed by atoms with Crippen molar-refractivity contribution in [3.05, 3.63) is 294 Å². The molecule has 0 spiro atoms. The van der Waals surface area contributed by atoms with Crippen LogP contribution in [-0.4, -0.2) is 136 Å². The highest BCUT2D eigenvalue weighted by atomic mass is 16.4. The van der Waals surface area contributed by atoms with E-state index in [4.69, 9.17) is 5.73 Å². The summed E-state index contributed by atoms with van der Waals surface area (Å²) in [6.07, 6.45) is 6.55. The molecule has 0 aromatic heterocycles. The van der Waals surface area contributed by atoms with Crippen LogP contribution in [0.5, 0.6) is 34.5 Å². The lowest BCUT2D eigenvalue weighted by molar-refractivity contribution is -0.120. The number of phenols is 6. The number of amides is 7. The Morgan fingerprint density at radius 2 is 0.779 bits per heavy atom. The summed E-state index contributed by atoms with van der Waals surface area (Å²) >= 11 is 0. The number of carbonyl (C=O) groups is 12. The number of ketones is 3. The summed E-state index contributed by atoms with van der Waals surface area (Å²) in [7, 11) is 0. The number of nitrogens with zero attached hydrogens (tertiary/aromatic N) is 1. The molecule has 1 heterocycles. The van der Waals surface area contributed by atoms with Gasteiger partial charge in [0, 0.05) is 110 Å². The molecule has 626 valence electrons. The van der Waals surface area contributed by atoms with Crippen LogP contribution in [0.4, 0.5) is 34.1 Å². The number of anilines is 6. The smallest absolute Gasteiger partial charge is 0.339 e. The first kappa shape index (κ1) is 89.0. The Bertz CT molecular complexity index is 5790. The number of allylic oxidation sites excluding steroid dienone is 2. The zero-order chi connectivity index (χ0) is 88.3. The number of Topliss-reactive ketones (excluding diaryl/α,β-unsaturated/α-hetero) is 3. The molecule has 11 rings (SSSR count). The topological polar surface area (TPSA) is 468 Å². The molecule has 7 amide bonds. The van der Waals surface area contributed by atoms with E-state index in [1.807, 2.05) is 0 Å². The molecular weight excluding hydrogens is 1560 g/mol. The fraction of sp³-hybridized carbons (Fsp3) is 0.191. The highest BCUT2D eigenvalue weighted by Crippen LogP contribution is 2.36. The Balaban J connectivity index is 0.000000256. The van der Waals surface area contributed by atoms with Crippen LogP contribution in [0, 0.1) is 33.6 Å². The van der Waals surface area contributed by atoms with Crippen molar-refractivity contribution < 1.29 is 98.4 Å². The molecule has 16 N–H and O–H groups in total. The fourth-order valence-corrected chi connectivity index (χ4v) is 13.4. The molecule has 0 bridgehead atoms. The van der Waals surface area contributed by atoms with Crippen LogP contribution in [0.2, 0.25) is 0 Å². The van der Waals surface area contributed by atoms with Crippen molar-refractivity contribution in [1.82, 2.24) is 4.90 Å². The SMILES string of the molecule is C/C(=C\c1ccc(O)cc1)C(=O)Cc1ccc(C(=O)CC(CCCCN)C(=O)Nc2ccc(C(=O)Nc3ccc(C(=O)Nc4ccc(C(=O)O)c(O)c4C)c(O)c3C)cc2)cc1.C/C(=C\c1ccc(O)cc1)C(=O)Cc1ccc(C(=O)N2CCC[C@H]2C(=O)Nc2ccc(C(=O)Nc3ccc(C(=O)Nc4ccc(C(=O)O)c(O)c4C)c(O)c3C)cc2)cc1. The highest BCUT2D eigenvalue weighted by Gasteiger charge is 2.35. The standard InChI is InChI=1S/C48H48N4O10.C46H42N4O10/c1-27(24-30-9-17-36(53)18-10-30)41(54)25-31-7-11-32(12-8-31)42(55)26-34(6-4-5-23-49)46(59)50-35-15-13-33(14-16-35)45(58)51-39-21-19-37(43(56)28(39)2)47(60)52-40-22-20-38(48(61)62)44(57)29(40)3;1-25(23-28-8-16-33(51)17-9-28)39(52)24-29-6-10-31(11-7-29)45(58)50-22-4-5-38(50)44(57)47-32-14-12-30(13-15-32)42(55)48-36-20-18-34(40(53)26(36)2)43(56)49-37-21-19-35(46(59)60)41(54)27(37)3/h7-22,24,34,53,56-57H,4-6,23,25-26,49H2,1-3H3,(H,50,59)(H,51,58)(H,52,60)(H,61,62);6-21,23,38,51,53-54H,4-5,22,24H2,1-3H3,(H,47,57)(H,48,55)(H,49,56)(H,59,60)/b27-24+;25-23+/t;38-/m.0/s1. The second kappa shape index (κ2) is 40.2. The number of carboxylic acids is 2. The van der Waals surface area contributed by atoms with Crippen molar-refractivity contribution in [1.29, 1.82) is 0 Å². The number of rotatable bonds is 30. The largest absolute Gasteiger partial charge is 0.508 e. The van der Waals surface area contributed by atoms with Crippen molar-refractivity contribution in [2.75, 3.05) is 45.0 Å². The van der Waals surface area contributed by atoms with Crippen molar-refractivity contribution in [3.63, 3.8) is 0 Å². The van der Waals surface area contributed by atoms with E-state index in [0.29, 0.717) is 78.8 Å². The van der Waals surface area contributed by atoms with Crippen LogP contribution in [-0.2, 0) is 32.0 Å². The minimum absolute atomic E-state index is 0.0561. The molecule has 28 nitrogen and oxygen atoms in total. The van der Waals surface area contributed by atoms with Gasteiger partial charge < -0.3 is 83.4 Å².